The lowest BCUT2D eigenvalue weighted by atomic mass is 9.76. The Morgan fingerprint density at radius 3 is 2.52 bits per heavy atom. The van der Waals surface area contributed by atoms with Crippen LogP contribution in [-0.4, -0.2) is 14.1 Å². The monoisotopic (exact) mass is 306 g/mol. The average Bonchev–Trinajstić information content (AvgIpc) is 2.54. The van der Waals surface area contributed by atoms with Crippen molar-refractivity contribution in [3.8, 4) is 0 Å². The Kier molecular flexibility index (Phi) is 3.93. The van der Waals surface area contributed by atoms with Gasteiger partial charge in [-0.3, -0.25) is 0 Å². The van der Waals surface area contributed by atoms with Gasteiger partial charge in [-0.05, 0) is 60.2 Å². The molecule has 0 aromatic heterocycles. The van der Waals surface area contributed by atoms with Crippen molar-refractivity contribution in [1.82, 2.24) is 0 Å². The van der Waals surface area contributed by atoms with Crippen LogP contribution in [-0.2, 0) is 6.42 Å². The third-order valence-electron chi connectivity index (χ3n) is 5.06. The standard InChI is InChI=1S/C21H26N2/c1-6-13(2)18-10-8-16-11-15-7-9-17(22)12-19(15)14(3)20(16)21(18)23(4)5/h6-10,12,14H,11,22H2,1-5H3/b13-6+. The first kappa shape index (κ1) is 15.7. The molecule has 2 heteroatoms. The predicted molar refractivity (Wildman–Crippen MR) is 101 cm³/mol. The summed E-state index contributed by atoms with van der Waals surface area (Å²) >= 11 is 0. The van der Waals surface area contributed by atoms with Crippen LogP contribution < -0.4 is 10.6 Å². The van der Waals surface area contributed by atoms with Crippen LogP contribution in [0.2, 0.25) is 0 Å². The fraction of sp³-hybridized carbons (Fsp3) is 0.333. The van der Waals surface area contributed by atoms with Gasteiger partial charge in [-0.15, -0.1) is 0 Å². The predicted octanol–water partition coefficient (Wildman–Crippen LogP) is 4.81. The van der Waals surface area contributed by atoms with E-state index in [4.69, 9.17) is 5.73 Å². The highest BCUT2D eigenvalue weighted by Gasteiger charge is 2.27. The minimum absolute atomic E-state index is 0.360. The second kappa shape index (κ2) is 5.77. The lowest BCUT2D eigenvalue weighted by Crippen LogP contribution is -2.20. The summed E-state index contributed by atoms with van der Waals surface area (Å²) in [5, 5.41) is 0. The number of benzene rings is 2. The van der Waals surface area contributed by atoms with Gasteiger partial charge < -0.3 is 10.6 Å². The van der Waals surface area contributed by atoms with Crippen LogP contribution in [0.3, 0.4) is 0 Å². The average molecular weight is 306 g/mol. The van der Waals surface area contributed by atoms with Crippen LogP contribution in [0.4, 0.5) is 11.4 Å². The molecule has 3 rings (SSSR count). The zero-order valence-electron chi connectivity index (χ0n) is 14.8. The van der Waals surface area contributed by atoms with E-state index in [2.05, 4.69) is 70.1 Å². The van der Waals surface area contributed by atoms with Crippen molar-refractivity contribution in [2.45, 2.75) is 33.1 Å². The Morgan fingerprint density at radius 1 is 1.17 bits per heavy atom. The number of fused-ring (bicyclic) bond motifs is 2. The molecule has 1 atom stereocenters. The van der Waals surface area contributed by atoms with E-state index < -0.39 is 0 Å². The molecule has 2 aromatic rings. The highest BCUT2D eigenvalue weighted by atomic mass is 15.1. The van der Waals surface area contributed by atoms with E-state index in [0.29, 0.717) is 5.92 Å². The minimum Gasteiger partial charge on any atom is -0.399 e. The summed E-state index contributed by atoms with van der Waals surface area (Å²) < 4.78 is 0. The van der Waals surface area contributed by atoms with Crippen LogP contribution in [0.25, 0.3) is 5.57 Å². The maximum Gasteiger partial charge on any atom is 0.0478 e. The molecule has 0 radical (unpaired) electrons. The topological polar surface area (TPSA) is 29.3 Å². The number of hydrogen-bond acceptors (Lipinski definition) is 2. The number of allylic oxidation sites excluding steroid dienone is 2. The fourth-order valence-electron chi connectivity index (χ4n) is 3.78. The minimum atomic E-state index is 0.360. The molecule has 23 heavy (non-hydrogen) atoms. The highest BCUT2D eigenvalue weighted by molar-refractivity contribution is 5.80. The summed E-state index contributed by atoms with van der Waals surface area (Å²) in [5.41, 5.74) is 16.6. The summed E-state index contributed by atoms with van der Waals surface area (Å²) in [7, 11) is 4.29. The van der Waals surface area contributed by atoms with Crippen LogP contribution in [0.15, 0.2) is 36.4 Å². The Balaban J connectivity index is 2.26. The summed E-state index contributed by atoms with van der Waals surface area (Å²) in [4.78, 5) is 2.26. The number of nitrogens with two attached hydrogens (primary N) is 1. The van der Waals surface area contributed by atoms with Crippen molar-refractivity contribution < 1.29 is 0 Å². The first-order valence-corrected chi connectivity index (χ1v) is 8.28. The van der Waals surface area contributed by atoms with E-state index in [1.165, 1.54) is 39.1 Å². The van der Waals surface area contributed by atoms with Crippen molar-refractivity contribution in [3.63, 3.8) is 0 Å². The number of hydrogen-bond donors (Lipinski definition) is 1. The van der Waals surface area contributed by atoms with Crippen molar-refractivity contribution in [2.24, 2.45) is 0 Å². The number of anilines is 2. The van der Waals surface area contributed by atoms with Gasteiger partial charge in [0.15, 0.2) is 0 Å². The van der Waals surface area contributed by atoms with Gasteiger partial charge in [0.05, 0.1) is 0 Å². The SMILES string of the molecule is C/C=C(\C)c1ccc2c(c1N(C)C)C(C)c1cc(N)ccc1C2. The molecular formula is C21H26N2. The highest BCUT2D eigenvalue weighted by Crippen LogP contribution is 2.44. The lowest BCUT2D eigenvalue weighted by molar-refractivity contribution is 0.838. The van der Waals surface area contributed by atoms with Gasteiger partial charge in [0, 0.05) is 37.0 Å². The molecule has 0 heterocycles. The van der Waals surface area contributed by atoms with Gasteiger partial charge in [-0.2, -0.15) is 0 Å². The number of nitrogens with zero attached hydrogens (tertiary/aromatic N) is 1. The van der Waals surface area contributed by atoms with Crippen molar-refractivity contribution >= 4 is 16.9 Å². The van der Waals surface area contributed by atoms with Gasteiger partial charge in [-0.25, -0.2) is 0 Å². The van der Waals surface area contributed by atoms with E-state index in [-0.39, 0.29) is 0 Å². The number of rotatable bonds is 2. The molecule has 0 aliphatic heterocycles. The largest absolute Gasteiger partial charge is 0.399 e. The van der Waals surface area contributed by atoms with Crippen LogP contribution in [0.5, 0.6) is 0 Å². The maximum absolute atomic E-state index is 6.04. The van der Waals surface area contributed by atoms with E-state index in [9.17, 15) is 0 Å². The summed E-state index contributed by atoms with van der Waals surface area (Å²) in [6.45, 7) is 6.60. The molecule has 0 bridgehead atoms. The summed E-state index contributed by atoms with van der Waals surface area (Å²) in [6, 6.07) is 10.9. The van der Waals surface area contributed by atoms with Crippen LogP contribution >= 0.6 is 0 Å². The van der Waals surface area contributed by atoms with Crippen molar-refractivity contribution in [1.29, 1.82) is 0 Å². The summed E-state index contributed by atoms with van der Waals surface area (Å²) in [5.74, 6) is 0.360. The second-order valence-corrected chi connectivity index (χ2v) is 6.76. The molecule has 0 spiro atoms. The zero-order valence-corrected chi connectivity index (χ0v) is 14.8. The van der Waals surface area contributed by atoms with Crippen molar-refractivity contribution in [2.75, 3.05) is 24.7 Å². The van der Waals surface area contributed by atoms with E-state index >= 15 is 0 Å². The Hall–Kier alpha value is -2.22. The Bertz CT molecular complexity index is 785. The Labute approximate surface area is 139 Å². The summed E-state index contributed by atoms with van der Waals surface area (Å²) in [6.07, 6.45) is 3.18. The Morgan fingerprint density at radius 2 is 1.87 bits per heavy atom. The van der Waals surface area contributed by atoms with Gasteiger partial charge in [-0.1, -0.05) is 31.2 Å². The molecular weight excluding hydrogens is 280 g/mol. The van der Waals surface area contributed by atoms with Gasteiger partial charge in [0.25, 0.3) is 0 Å². The molecule has 0 amide bonds. The molecule has 0 fully saturated rings. The lowest BCUT2D eigenvalue weighted by Gasteiger charge is -2.32. The fourth-order valence-corrected chi connectivity index (χ4v) is 3.78. The first-order valence-electron chi connectivity index (χ1n) is 8.28. The normalized spacial score (nSPS) is 16.7. The third-order valence-corrected chi connectivity index (χ3v) is 5.06. The molecule has 2 N–H and O–H groups in total. The van der Waals surface area contributed by atoms with E-state index in [0.717, 1.165) is 12.1 Å². The van der Waals surface area contributed by atoms with Gasteiger partial charge in [0.1, 0.15) is 0 Å². The second-order valence-electron chi connectivity index (χ2n) is 6.76. The van der Waals surface area contributed by atoms with Crippen LogP contribution in [0, 0.1) is 0 Å². The smallest absolute Gasteiger partial charge is 0.0478 e. The first-order chi connectivity index (χ1) is 10.9. The van der Waals surface area contributed by atoms with E-state index in [1.54, 1.807) is 0 Å². The number of nitrogen functional groups attached to an aromatic ring is 1. The zero-order chi connectivity index (χ0) is 16.7. The molecule has 2 aromatic carbocycles. The molecule has 2 nitrogen and oxygen atoms in total. The molecule has 1 aliphatic rings. The molecule has 0 saturated carbocycles. The van der Waals surface area contributed by atoms with Gasteiger partial charge in [0.2, 0.25) is 0 Å². The van der Waals surface area contributed by atoms with E-state index in [1.807, 2.05) is 6.07 Å². The molecule has 1 aliphatic carbocycles. The van der Waals surface area contributed by atoms with Gasteiger partial charge >= 0.3 is 0 Å². The van der Waals surface area contributed by atoms with Crippen LogP contribution in [0.1, 0.15) is 54.5 Å². The maximum atomic E-state index is 6.04. The van der Waals surface area contributed by atoms with Crippen molar-refractivity contribution in [3.05, 3.63) is 64.2 Å². The molecule has 1 unspecified atom stereocenters. The quantitative estimate of drug-likeness (QED) is 0.806. The molecule has 120 valence electrons. The molecule has 0 saturated heterocycles. The third kappa shape index (κ3) is 2.52.